The monoisotopic (exact) mass is 320 g/mol. The molecule has 0 bridgehead atoms. The molecule has 1 amide bonds. The van der Waals surface area contributed by atoms with Gasteiger partial charge in [0.25, 0.3) is 0 Å². The van der Waals surface area contributed by atoms with Crippen molar-refractivity contribution >= 4 is 30.1 Å². The van der Waals surface area contributed by atoms with Gasteiger partial charge >= 0.3 is 0 Å². The van der Waals surface area contributed by atoms with E-state index in [0.29, 0.717) is 24.4 Å². The molecule has 0 radical (unpaired) electrons. The minimum atomic E-state index is 0. The standard InChI is InChI=1S/C15H28N2OS.ClH/c1-3-19-13-8-7-12(9-13)17(2)15(18)14-6-4-5-11(14)10-16;/h11-14H,3-10,16H2,1-2H3;1H/t11-,12?,13?,14-;/m1./s1. The van der Waals surface area contributed by atoms with Gasteiger partial charge in [-0.15, -0.1) is 12.4 Å². The van der Waals surface area contributed by atoms with Crippen LogP contribution in [0, 0.1) is 11.8 Å². The Morgan fingerprint density at radius 2 is 2.05 bits per heavy atom. The van der Waals surface area contributed by atoms with Crippen LogP contribution in [0.4, 0.5) is 0 Å². The van der Waals surface area contributed by atoms with Crippen LogP contribution in [-0.4, -0.2) is 41.4 Å². The summed E-state index contributed by atoms with van der Waals surface area (Å²) in [4.78, 5) is 14.7. The van der Waals surface area contributed by atoms with E-state index in [-0.39, 0.29) is 18.3 Å². The summed E-state index contributed by atoms with van der Waals surface area (Å²) in [5, 5.41) is 0.763. The number of rotatable bonds is 5. The van der Waals surface area contributed by atoms with Crippen molar-refractivity contribution in [3.8, 4) is 0 Å². The number of carbonyl (C=O) groups excluding carboxylic acids is 1. The van der Waals surface area contributed by atoms with Crippen LogP contribution in [0.15, 0.2) is 0 Å². The quantitative estimate of drug-likeness (QED) is 0.847. The lowest BCUT2D eigenvalue weighted by Crippen LogP contribution is -2.41. The largest absolute Gasteiger partial charge is 0.342 e. The van der Waals surface area contributed by atoms with Crippen molar-refractivity contribution in [2.75, 3.05) is 19.3 Å². The molecular formula is C15H29ClN2OS. The molecule has 2 N–H and O–H groups in total. The minimum Gasteiger partial charge on any atom is -0.342 e. The Bertz CT molecular complexity index is 316. The molecule has 0 heterocycles. The van der Waals surface area contributed by atoms with Crippen molar-refractivity contribution in [1.82, 2.24) is 4.90 Å². The Kier molecular flexibility index (Phi) is 7.70. The van der Waals surface area contributed by atoms with Gasteiger partial charge in [0.1, 0.15) is 0 Å². The van der Waals surface area contributed by atoms with Gasteiger partial charge in [-0.25, -0.2) is 0 Å². The van der Waals surface area contributed by atoms with E-state index in [1.165, 1.54) is 31.4 Å². The predicted octanol–water partition coefficient (Wildman–Crippen LogP) is 2.92. The Balaban J connectivity index is 0.00000200. The zero-order valence-electron chi connectivity index (χ0n) is 12.7. The molecule has 2 rings (SSSR count). The highest BCUT2D eigenvalue weighted by atomic mass is 35.5. The molecule has 2 unspecified atom stereocenters. The van der Waals surface area contributed by atoms with E-state index in [2.05, 4.69) is 23.6 Å². The number of hydrogen-bond donors (Lipinski definition) is 1. The molecule has 0 spiro atoms. The van der Waals surface area contributed by atoms with E-state index in [1.807, 2.05) is 7.05 Å². The van der Waals surface area contributed by atoms with Gasteiger partial charge in [-0.1, -0.05) is 13.3 Å². The SMILES string of the molecule is CCSC1CCC(N(C)C(=O)[C@@H]2CCC[C@@H]2CN)C1.Cl. The van der Waals surface area contributed by atoms with Gasteiger partial charge in [0, 0.05) is 24.3 Å². The van der Waals surface area contributed by atoms with Crippen molar-refractivity contribution in [2.24, 2.45) is 17.6 Å². The second-order valence-electron chi connectivity index (χ2n) is 6.03. The fourth-order valence-electron chi connectivity index (χ4n) is 3.74. The smallest absolute Gasteiger partial charge is 0.226 e. The highest BCUT2D eigenvalue weighted by Crippen LogP contribution is 2.36. The normalized spacial score (nSPS) is 33.0. The summed E-state index contributed by atoms with van der Waals surface area (Å²) < 4.78 is 0. The average molecular weight is 321 g/mol. The Morgan fingerprint density at radius 1 is 1.30 bits per heavy atom. The van der Waals surface area contributed by atoms with Crippen LogP contribution in [0.3, 0.4) is 0 Å². The molecule has 2 aliphatic rings. The van der Waals surface area contributed by atoms with Gasteiger partial charge < -0.3 is 10.6 Å². The maximum atomic E-state index is 12.6. The van der Waals surface area contributed by atoms with E-state index < -0.39 is 0 Å². The molecule has 2 fully saturated rings. The first-order valence-corrected chi connectivity index (χ1v) is 8.80. The summed E-state index contributed by atoms with van der Waals surface area (Å²) in [7, 11) is 2.01. The van der Waals surface area contributed by atoms with Crippen molar-refractivity contribution in [1.29, 1.82) is 0 Å². The Labute approximate surface area is 133 Å². The fourth-order valence-corrected chi connectivity index (χ4v) is 4.87. The predicted molar refractivity (Wildman–Crippen MR) is 89.5 cm³/mol. The molecule has 2 aliphatic carbocycles. The van der Waals surface area contributed by atoms with E-state index in [1.54, 1.807) is 0 Å². The Hall–Kier alpha value is 0.0700. The second kappa shape index (κ2) is 8.50. The molecule has 0 aromatic heterocycles. The maximum absolute atomic E-state index is 12.6. The number of halogens is 1. The first-order chi connectivity index (χ1) is 9.17. The maximum Gasteiger partial charge on any atom is 0.226 e. The molecule has 0 saturated heterocycles. The lowest BCUT2D eigenvalue weighted by atomic mass is 9.94. The molecule has 0 aromatic rings. The van der Waals surface area contributed by atoms with Crippen LogP contribution in [0.1, 0.15) is 45.4 Å². The Morgan fingerprint density at radius 3 is 2.70 bits per heavy atom. The third-order valence-corrected chi connectivity index (χ3v) is 6.17. The lowest BCUT2D eigenvalue weighted by molar-refractivity contribution is -0.137. The van der Waals surface area contributed by atoms with Crippen LogP contribution in [0.25, 0.3) is 0 Å². The van der Waals surface area contributed by atoms with Crippen LogP contribution < -0.4 is 5.73 Å². The molecule has 20 heavy (non-hydrogen) atoms. The van der Waals surface area contributed by atoms with E-state index in [0.717, 1.165) is 18.1 Å². The molecule has 3 nitrogen and oxygen atoms in total. The molecular weight excluding hydrogens is 292 g/mol. The molecule has 2 saturated carbocycles. The van der Waals surface area contributed by atoms with Gasteiger partial charge in [0.05, 0.1) is 0 Å². The number of carbonyl (C=O) groups is 1. The fraction of sp³-hybridized carbons (Fsp3) is 0.933. The third-order valence-electron chi connectivity index (χ3n) is 4.93. The van der Waals surface area contributed by atoms with Crippen LogP contribution in [-0.2, 0) is 4.79 Å². The molecule has 118 valence electrons. The van der Waals surface area contributed by atoms with E-state index in [9.17, 15) is 4.79 Å². The summed E-state index contributed by atoms with van der Waals surface area (Å²) in [6.45, 7) is 2.89. The van der Waals surface area contributed by atoms with Crippen molar-refractivity contribution in [2.45, 2.75) is 56.7 Å². The highest BCUT2D eigenvalue weighted by Gasteiger charge is 2.37. The summed E-state index contributed by atoms with van der Waals surface area (Å²) in [5.41, 5.74) is 5.80. The zero-order valence-corrected chi connectivity index (χ0v) is 14.3. The summed E-state index contributed by atoms with van der Waals surface area (Å²) in [6, 6.07) is 0.468. The van der Waals surface area contributed by atoms with Gasteiger partial charge in [0.2, 0.25) is 5.91 Å². The number of nitrogens with zero attached hydrogens (tertiary/aromatic N) is 1. The topological polar surface area (TPSA) is 46.3 Å². The highest BCUT2D eigenvalue weighted by molar-refractivity contribution is 7.99. The van der Waals surface area contributed by atoms with E-state index >= 15 is 0 Å². The first-order valence-electron chi connectivity index (χ1n) is 7.75. The molecule has 0 aromatic carbocycles. The third kappa shape index (κ3) is 4.05. The van der Waals surface area contributed by atoms with Crippen LogP contribution in [0.5, 0.6) is 0 Å². The van der Waals surface area contributed by atoms with Gasteiger partial charge in [-0.05, 0) is 50.3 Å². The van der Waals surface area contributed by atoms with Crippen molar-refractivity contribution < 1.29 is 4.79 Å². The van der Waals surface area contributed by atoms with Gasteiger partial charge in [0.15, 0.2) is 0 Å². The van der Waals surface area contributed by atoms with Gasteiger partial charge in [-0.3, -0.25) is 4.79 Å². The van der Waals surface area contributed by atoms with Crippen molar-refractivity contribution in [3.63, 3.8) is 0 Å². The molecule has 5 heteroatoms. The van der Waals surface area contributed by atoms with Crippen LogP contribution >= 0.6 is 24.2 Å². The van der Waals surface area contributed by atoms with Crippen molar-refractivity contribution in [3.05, 3.63) is 0 Å². The number of amides is 1. The van der Waals surface area contributed by atoms with E-state index in [4.69, 9.17) is 5.73 Å². The second-order valence-corrected chi connectivity index (χ2v) is 7.60. The van der Waals surface area contributed by atoms with Gasteiger partial charge in [-0.2, -0.15) is 11.8 Å². The summed E-state index contributed by atoms with van der Waals surface area (Å²) in [5.74, 6) is 2.18. The summed E-state index contributed by atoms with van der Waals surface area (Å²) >= 11 is 2.05. The number of nitrogens with two attached hydrogens (primary N) is 1. The number of thioether (sulfide) groups is 1. The first kappa shape index (κ1) is 18.1. The average Bonchev–Trinajstić information content (AvgIpc) is 3.05. The molecule has 0 aliphatic heterocycles. The molecule has 4 atom stereocenters. The number of hydrogen-bond acceptors (Lipinski definition) is 3. The summed E-state index contributed by atoms with van der Waals surface area (Å²) in [6.07, 6.45) is 6.99. The zero-order chi connectivity index (χ0) is 13.8. The lowest BCUT2D eigenvalue weighted by Gasteiger charge is -2.29. The minimum absolute atomic E-state index is 0. The van der Waals surface area contributed by atoms with Crippen LogP contribution in [0.2, 0.25) is 0 Å².